The van der Waals surface area contributed by atoms with Crippen molar-refractivity contribution in [3.8, 4) is 11.4 Å². The molecular weight excluding hydrogens is 236 g/mol. The molecule has 0 radical (unpaired) electrons. The number of nitrogens with two attached hydrogens (primary N) is 1. The number of benzene rings is 1. The molecule has 90 valence electrons. The molecule has 0 amide bonds. The van der Waals surface area contributed by atoms with Gasteiger partial charge in [0.05, 0.1) is 5.02 Å². The lowest BCUT2D eigenvalue weighted by Gasteiger charge is -2.13. The van der Waals surface area contributed by atoms with E-state index < -0.39 is 0 Å². The van der Waals surface area contributed by atoms with Crippen molar-refractivity contribution in [2.45, 2.75) is 26.8 Å². The molecule has 17 heavy (non-hydrogen) atoms. The molecule has 0 unspecified atom stereocenters. The SMILES string of the molecule is Cc1nnc(-c2cc(N)ccc2Cl)n1C(C)C. The fraction of sp³-hybridized carbons (Fsp3) is 0.333. The molecule has 0 spiro atoms. The van der Waals surface area contributed by atoms with Crippen LogP contribution in [0.25, 0.3) is 11.4 Å². The Hall–Kier alpha value is -1.55. The molecule has 1 aromatic carbocycles. The third kappa shape index (κ3) is 2.13. The first-order valence-electron chi connectivity index (χ1n) is 5.47. The third-order valence-electron chi connectivity index (χ3n) is 2.61. The summed E-state index contributed by atoms with van der Waals surface area (Å²) in [5.74, 6) is 1.63. The van der Waals surface area contributed by atoms with E-state index in [0.717, 1.165) is 17.2 Å². The van der Waals surface area contributed by atoms with Crippen molar-refractivity contribution in [3.05, 3.63) is 29.0 Å². The van der Waals surface area contributed by atoms with E-state index in [1.807, 2.05) is 17.6 Å². The number of halogens is 1. The van der Waals surface area contributed by atoms with Gasteiger partial charge in [0.15, 0.2) is 5.82 Å². The monoisotopic (exact) mass is 250 g/mol. The highest BCUT2D eigenvalue weighted by Gasteiger charge is 2.16. The standard InChI is InChI=1S/C12H15ClN4/c1-7(2)17-8(3)15-16-12(17)10-6-9(14)4-5-11(10)13/h4-7H,14H2,1-3H3. The molecule has 0 aliphatic carbocycles. The zero-order valence-electron chi connectivity index (χ0n) is 10.1. The first-order chi connectivity index (χ1) is 8.00. The second-order valence-corrected chi connectivity index (χ2v) is 4.68. The van der Waals surface area contributed by atoms with Crippen LogP contribution in [0.15, 0.2) is 18.2 Å². The molecule has 0 atom stereocenters. The molecule has 2 N–H and O–H groups in total. The molecule has 0 saturated heterocycles. The van der Waals surface area contributed by atoms with Gasteiger partial charge in [0.2, 0.25) is 0 Å². The van der Waals surface area contributed by atoms with E-state index in [0.29, 0.717) is 10.7 Å². The molecule has 0 aliphatic heterocycles. The van der Waals surface area contributed by atoms with E-state index in [4.69, 9.17) is 17.3 Å². The Balaban J connectivity index is 2.64. The predicted molar refractivity (Wildman–Crippen MR) is 70.0 cm³/mol. The second-order valence-electron chi connectivity index (χ2n) is 4.27. The van der Waals surface area contributed by atoms with Crippen LogP contribution in [0.2, 0.25) is 5.02 Å². The van der Waals surface area contributed by atoms with Crippen LogP contribution < -0.4 is 5.73 Å². The lowest BCUT2D eigenvalue weighted by Crippen LogP contribution is -2.05. The maximum absolute atomic E-state index is 6.18. The number of rotatable bonds is 2. The molecule has 5 heteroatoms. The molecule has 1 heterocycles. The minimum Gasteiger partial charge on any atom is -0.399 e. The highest BCUT2D eigenvalue weighted by Crippen LogP contribution is 2.30. The van der Waals surface area contributed by atoms with Crippen LogP contribution in [-0.4, -0.2) is 14.8 Å². The molecule has 2 aromatic rings. The highest BCUT2D eigenvalue weighted by atomic mass is 35.5. The van der Waals surface area contributed by atoms with Crippen molar-refractivity contribution in [1.82, 2.24) is 14.8 Å². The molecular formula is C12H15ClN4. The summed E-state index contributed by atoms with van der Waals surface area (Å²) >= 11 is 6.18. The summed E-state index contributed by atoms with van der Waals surface area (Å²) in [5, 5.41) is 8.91. The van der Waals surface area contributed by atoms with Crippen LogP contribution in [0.3, 0.4) is 0 Å². The van der Waals surface area contributed by atoms with Crippen molar-refractivity contribution < 1.29 is 0 Å². The predicted octanol–water partition coefficient (Wildman–Crippen LogP) is 3.07. The van der Waals surface area contributed by atoms with Gasteiger partial charge in [-0.15, -0.1) is 10.2 Å². The number of nitrogen functional groups attached to an aromatic ring is 1. The normalized spacial score (nSPS) is 11.1. The van der Waals surface area contributed by atoms with Crippen molar-refractivity contribution >= 4 is 17.3 Å². The van der Waals surface area contributed by atoms with Crippen LogP contribution in [0.4, 0.5) is 5.69 Å². The van der Waals surface area contributed by atoms with E-state index in [9.17, 15) is 0 Å². The number of anilines is 1. The summed E-state index contributed by atoms with van der Waals surface area (Å²) in [7, 11) is 0. The third-order valence-corrected chi connectivity index (χ3v) is 2.94. The minimum atomic E-state index is 0.275. The Morgan fingerprint density at radius 2 is 2.00 bits per heavy atom. The quantitative estimate of drug-likeness (QED) is 0.834. The smallest absolute Gasteiger partial charge is 0.165 e. The van der Waals surface area contributed by atoms with Gasteiger partial charge in [0.1, 0.15) is 5.82 Å². The molecule has 1 aromatic heterocycles. The molecule has 0 fully saturated rings. The summed E-state index contributed by atoms with van der Waals surface area (Å²) in [4.78, 5) is 0. The van der Waals surface area contributed by atoms with Gasteiger partial charge < -0.3 is 10.3 Å². The number of nitrogens with zero attached hydrogens (tertiary/aromatic N) is 3. The average molecular weight is 251 g/mol. The van der Waals surface area contributed by atoms with Gasteiger partial charge >= 0.3 is 0 Å². The van der Waals surface area contributed by atoms with Gasteiger partial charge in [0.25, 0.3) is 0 Å². The van der Waals surface area contributed by atoms with E-state index in [1.54, 1.807) is 12.1 Å². The van der Waals surface area contributed by atoms with Gasteiger partial charge in [-0.25, -0.2) is 0 Å². The summed E-state index contributed by atoms with van der Waals surface area (Å²) in [6, 6.07) is 5.65. The largest absolute Gasteiger partial charge is 0.399 e. The lowest BCUT2D eigenvalue weighted by atomic mass is 10.2. The van der Waals surface area contributed by atoms with Crippen molar-refractivity contribution in [3.63, 3.8) is 0 Å². The second kappa shape index (κ2) is 4.37. The van der Waals surface area contributed by atoms with Gasteiger partial charge in [-0.05, 0) is 39.0 Å². The van der Waals surface area contributed by atoms with Crippen molar-refractivity contribution in [1.29, 1.82) is 0 Å². The first kappa shape index (κ1) is 11.9. The molecule has 0 aliphatic rings. The lowest BCUT2D eigenvalue weighted by molar-refractivity contribution is 0.587. The Bertz CT molecular complexity index is 545. The van der Waals surface area contributed by atoms with Crippen LogP contribution >= 0.6 is 11.6 Å². The van der Waals surface area contributed by atoms with Crippen LogP contribution in [0.5, 0.6) is 0 Å². The van der Waals surface area contributed by atoms with Gasteiger partial charge in [-0.1, -0.05) is 11.6 Å². The minimum absolute atomic E-state index is 0.275. The summed E-state index contributed by atoms with van der Waals surface area (Å²) < 4.78 is 2.04. The van der Waals surface area contributed by atoms with Gasteiger partial charge in [-0.3, -0.25) is 0 Å². The molecule has 0 bridgehead atoms. The Labute approximate surface area is 105 Å². The van der Waals surface area contributed by atoms with E-state index in [1.165, 1.54) is 0 Å². The fourth-order valence-corrected chi connectivity index (χ4v) is 2.09. The van der Waals surface area contributed by atoms with E-state index >= 15 is 0 Å². The molecule has 2 rings (SSSR count). The zero-order valence-corrected chi connectivity index (χ0v) is 10.9. The summed E-state index contributed by atoms with van der Waals surface area (Å²) in [6.45, 7) is 6.09. The summed E-state index contributed by atoms with van der Waals surface area (Å²) in [5.41, 5.74) is 7.27. The van der Waals surface area contributed by atoms with Gasteiger partial charge in [0, 0.05) is 17.3 Å². The molecule has 0 saturated carbocycles. The Morgan fingerprint density at radius 1 is 1.29 bits per heavy atom. The number of hydrogen-bond acceptors (Lipinski definition) is 3. The topological polar surface area (TPSA) is 56.7 Å². The number of aryl methyl sites for hydroxylation is 1. The highest BCUT2D eigenvalue weighted by molar-refractivity contribution is 6.33. The first-order valence-corrected chi connectivity index (χ1v) is 5.85. The Morgan fingerprint density at radius 3 is 2.65 bits per heavy atom. The average Bonchev–Trinajstić information content (AvgIpc) is 2.64. The van der Waals surface area contributed by atoms with Crippen LogP contribution in [0.1, 0.15) is 25.7 Å². The van der Waals surface area contributed by atoms with Crippen LogP contribution in [-0.2, 0) is 0 Å². The fourth-order valence-electron chi connectivity index (χ4n) is 1.89. The molecule has 4 nitrogen and oxygen atoms in total. The van der Waals surface area contributed by atoms with Crippen molar-refractivity contribution in [2.75, 3.05) is 5.73 Å². The van der Waals surface area contributed by atoms with Crippen LogP contribution in [0, 0.1) is 6.92 Å². The summed E-state index contributed by atoms with van der Waals surface area (Å²) in [6.07, 6.45) is 0. The number of hydrogen-bond donors (Lipinski definition) is 1. The zero-order chi connectivity index (χ0) is 12.6. The Kier molecular flexibility index (Phi) is 3.07. The van der Waals surface area contributed by atoms with Crippen molar-refractivity contribution in [2.24, 2.45) is 0 Å². The maximum Gasteiger partial charge on any atom is 0.165 e. The van der Waals surface area contributed by atoms with E-state index in [2.05, 4.69) is 24.0 Å². The van der Waals surface area contributed by atoms with E-state index in [-0.39, 0.29) is 6.04 Å². The van der Waals surface area contributed by atoms with Gasteiger partial charge in [-0.2, -0.15) is 0 Å². The maximum atomic E-state index is 6.18. The number of aromatic nitrogens is 3.